The number of aromatic nitrogens is 2. The maximum absolute atomic E-state index is 12.7. The van der Waals surface area contributed by atoms with Crippen molar-refractivity contribution >= 4 is 40.5 Å². The van der Waals surface area contributed by atoms with Crippen LogP contribution in [0.25, 0.3) is 11.0 Å². The van der Waals surface area contributed by atoms with Crippen LogP contribution in [0.15, 0.2) is 84.0 Å². The number of anilines is 1. The number of aromatic amines is 1. The van der Waals surface area contributed by atoms with E-state index in [1.807, 2.05) is 78.9 Å². The van der Waals surface area contributed by atoms with Gasteiger partial charge in [-0.3, -0.25) is 4.79 Å². The molecule has 0 spiro atoms. The largest absolute Gasteiger partial charge is 0.445 e. The second-order valence-electron chi connectivity index (χ2n) is 7.34. The molecule has 33 heavy (non-hydrogen) atoms. The molecule has 0 aliphatic heterocycles. The molecular weight excluding hydrogens is 436 g/mol. The molecule has 7 nitrogen and oxygen atoms in total. The van der Waals surface area contributed by atoms with Crippen LogP contribution in [0.3, 0.4) is 0 Å². The number of carbonyl (C=O) groups is 2. The number of likely N-dealkylation sites (N-methyl/N-ethyl adjacent to an activating group) is 1. The number of alkyl carbamates (subject to hydrolysis) is 1. The molecule has 2 amide bonds. The van der Waals surface area contributed by atoms with E-state index in [2.05, 4.69) is 15.3 Å². The average molecular weight is 461 g/mol. The monoisotopic (exact) mass is 460 g/mol. The number of ether oxygens (including phenoxy) is 1. The molecule has 1 aromatic heterocycles. The van der Waals surface area contributed by atoms with Gasteiger partial charge >= 0.3 is 6.09 Å². The second kappa shape index (κ2) is 10.7. The van der Waals surface area contributed by atoms with E-state index < -0.39 is 6.09 Å². The van der Waals surface area contributed by atoms with E-state index in [9.17, 15) is 9.59 Å². The topological polar surface area (TPSA) is 87.3 Å². The quantitative estimate of drug-likeness (QED) is 0.371. The van der Waals surface area contributed by atoms with E-state index in [1.54, 1.807) is 23.7 Å². The molecule has 0 atom stereocenters. The number of fused-ring (bicyclic) bond motifs is 1. The standard InChI is InChI=1S/C25H24N4O3S/c1-29(23(30)15-26-25(31)32-16-18-9-3-2-4-10-18)22-14-8-5-11-19(22)17-33-24-27-20-12-6-7-13-21(20)28-24/h2-14H,15-17H2,1H3,(H,26,31)(H,27,28). The van der Waals surface area contributed by atoms with Crippen LogP contribution in [0.4, 0.5) is 10.5 Å². The minimum Gasteiger partial charge on any atom is -0.445 e. The van der Waals surface area contributed by atoms with Gasteiger partial charge in [0.1, 0.15) is 13.2 Å². The smallest absolute Gasteiger partial charge is 0.407 e. The summed E-state index contributed by atoms with van der Waals surface area (Å²) in [6, 6.07) is 25.0. The third-order valence-corrected chi connectivity index (χ3v) is 5.98. The molecule has 4 aromatic rings. The number of hydrogen-bond donors (Lipinski definition) is 2. The third kappa shape index (κ3) is 5.93. The molecule has 0 fully saturated rings. The van der Waals surface area contributed by atoms with Gasteiger partial charge in [-0.25, -0.2) is 9.78 Å². The zero-order valence-corrected chi connectivity index (χ0v) is 19.0. The van der Waals surface area contributed by atoms with Crippen molar-refractivity contribution in [3.8, 4) is 0 Å². The van der Waals surface area contributed by atoms with Gasteiger partial charge in [0.25, 0.3) is 0 Å². The SMILES string of the molecule is CN(C(=O)CNC(=O)OCc1ccccc1)c1ccccc1CSc1nc2ccccc2[nH]1. The van der Waals surface area contributed by atoms with Gasteiger partial charge in [-0.15, -0.1) is 0 Å². The number of carbonyl (C=O) groups excluding carboxylic acids is 2. The molecule has 8 heteroatoms. The van der Waals surface area contributed by atoms with Gasteiger partial charge < -0.3 is 19.9 Å². The van der Waals surface area contributed by atoms with Gasteiger partial charge in [-0.2, -0.15) is 0 Å². The van der Waals surface area contributed by atoms with E-state index >= 15 is 0 Å². The number of rotatable bonds is 8. The average Bonchev–Trinajstić information content (AvgIpc) is 3.28. The summed E-state index contributed by atoms with van der Waals surface area (Å²) in [5.74, 6) is 0.396. The number of imidazole rings is 1. The van der Waals surface area contributed by atoms with Crippen molar-refractivity contribution in [1.82, 2.24) is 15.3 Å². The maximum Gasteiger partial charge on any atom is 0.407 e. The Morgan fingerprint density at radius 2 is 1.73 bits per heavy atom. The molecule has 0 radical (unpaired) electrons. The molecule has 4 rings (SSSR count). The molecule has 0 unspecified atom stereocenters. The lowest BCUT2D eigenvalue weighted by Gasteiger charge is -2.20. The van der Waals surface area contributed by atoms with Crippen LogP contribution < -0.4 is 10.2 Å². The number of thioether (sulfide) groups is 1. The molecule has 0 saturated carbocycles. The van der Waals surface area contributed by atoms with Gasteiger partial charge in [0.2, 0.25) is 5.91 Å². The fraction of sp³-hybridized carbons (Fsp3) is 0.160. The second-order valence-corrected chi connectivity index (χ2v) is 8.31. The summed E-state index contributed by atoms with van der Waals surface area (Å²) in [4.78, 5) is 34.1. The van der Waals surface area contributed by atoms with Crippen molar-refractivity contribution in [2.75, 3.05) is 18.5 Å². The summed E-state index contributed by atoms with van der Waals surface area (Å²) in [6.45, 7) is -0.00623. The first kappa shape index (κ1) is 22.4. The summed E-state index contributed by atoms with van der Waals surface area (Å²) >= 11 is 1.57. The number of hydrogen-bond acceptors (Lipinski definition) is 5. The van der Waals surface area contributed by atoms with Crippen molar-refractivity contribution in [3.63, 3.8) is 0 Å². The van der Waals surface area contributed by atoms with Crippen LogP contribution in [-0.2, 0) is 21.9 Å². The van der Waals surface area contributed by atoms with Gasteiger partial charge in [0, 0.05) is 18.5 Å². The van der Waals surface area contributed by atoms with Gasteiger partial charge in [-0.1, -0.05) is 72.4 Å². The predicted octanol–water partition coefficient (Wildman–Crippen LogP) is 4.74. The molecule has 2 N–H and O–H groups in total. The van der Waals surface area contributed by atoms with Crippen LogP contribution in [-0.4, -0.2) is 35.6 Å². The minimum atomic E-state index is -0.630. The van der Waals surface area contributed by atoms with E-state index in [0.717, 1.165) is 33.0 Å². The van der Waals surface area contributed by atoms with Gasteiger partial charge in [-0.05, 0) is 29.3 Å². The highest BCUT2D eigenvalue weighted by molar-refractivity contribution is 7.98. The van der Waals surface area contributed by atoms with E-state index in [-0.39, 0.29) is 19.1 Å². The highest BCUT2D eigenvalue weighted by Gasteiger charge is 2.16. The van der Waals surface area contributed by atoms with Crippen molar-refractivity contribution in [2.45, 2.75) is 17.5 Å². The summed E-state index contributed by atoms with van der Waals surface area (Å²) in [6.07, 6.45) is -0.630. The van der Waals surface area contributed by atoms with Crippen LogP contribution in [0.2, 0.25) is 0 Å². The van der Waals surface area contributed by atoms with Crippen LogP contribution >= 0.6 is 11.8 Å². The minimum absolute atomic E-state index is 0.151. The predicted molar refractivity (Wildman–Crippen MR) is 130 cm³/mol. The zero-order valence-electron chi connectivity index (χ0n) is 18.2. The fourth-order valence-electron chi connectivity index (χ4n) is 3.28. The zero-order chi connectivity index (χ0) is 23.0. The molecular formula is C25H24N4O3S. The Hall–Kier alpha value is -3.78. The Morgan fingerprint density at radius 1 is 1.00 bits per heavy atom. The van der Waals surface area contributed by atoms with E-state index in [1.165, 1.54) is 0 Å². The van der Waals surface area contributed by atoms with Crippen molar-refractivity contribution < 1.29 is 14.3 Å². The number of benzene rings is 3. The Bertz CT molecular complexity index is 1210. The van der Waals surface area contributed by atoms with Crippen LogP contribution in [0.5, 0.6) is 0 Å². The third-order valence-electron chi connectivity index (χ3n) is 5.06. The summed E-state index contributed by atoms with van der Waals surface area (Å²) < 4.78 is 5.17. The summed E-state index contributed by atoms with van der Waals surface area (Å²) in [5, 5.41) is 3.35. The summed E-state index contributed by atoms with van der Waals surface area (Å²) in [7, 11) is 1.70. The fourth-order valence-corrected chi connectivity index (χ4v) is 4.16. The lowest BCUT2D eigenvalue weighted by atomic mass is 10.2. The first-order valence-electron chi connectivity index (χ1n) is 10.5. The lowest BCUT2D eigenvalue weighted by Crippen LogP contribution is -2.38. The molecule has 168 valence electrons. The number of amides is 2. The normalized spacial score (nSPS) is 10.7. The molecule has 3 aromatic carbocycles. The van der Waals surface area contributed by atoms with Crippen molar-refractivity contribution in [3.05, 3.63) is 90.0 Å². The highest BCUT2D eigenvalue weighted by atomic mass is 32.2. The first-order chi connectivity index (χ1) is 16.1. The van der Waals surface area contributed by atoms with Gasteiger partial charge in [0.15, 0.2) is 5.16 Å². The Kier molecular flexibility index (Phi) is 7.26. The van der Waals surface area contributed by atoms with Crippen molar-refractivity contribution in [2.24, 2.45) is 0 Å². The number of nitrogens with one attached hydrogen (secondary N) is 2. The molecule has 0 bridgehead atoms. The molecule has 1 heterocycles. The number of para-hydroxylation sites is 3. The maximum atomic E-state index is 12.7. The number of H-pyrrole nitrogens is 1. The highest BCUT2D eigenvalue weighted by Crippen LogP contribution is 2.28. The molecule has 0 aliphatic carbocycles. The summed E-state index contributed by atoms with van der Waals surface area (Å²) in [5.41, 5.74) is 4.57. The molecule has 0 aliphatic rings. The number of nitrogens with zero attached hydrogens (tertiary/aromatic N) is 2. The van der Waals surface area contributed by atoms with Crippen molar-refractivity contribution in [1.29, 1.82) is 0 Å². The first-order valence-corrected chi connectivity index (χ1v) is 11.5. The Labute approximate surface area is 196 Å². The van der Waals surface area contributed by atoms with Crippen LogP contribution in [0.1, 0.15) is 11.1 Å². The van der Waals surface area contributed by atoms with E-state index in [4.69, 9.17) is 4.74 Å². The van der Waals surface area contributed by atoms with Crippen LogP contribution in [0, 0.1) is 0 Å². The Balaban J connectivity index is 1.32. The van der Waals surface area contributed by atoms with Gasteiger partial charge in [0.05, 0.1) is 11.0 Å². The van der Waals surface area contributed by atoms with E-state index in [0.29, 0.717) is 5.75 Å². The Morgan fingerprint density at radius 3 is 2.55 bits per heavy atom. The lowest BCUT2D eigenvalue weighted by molar-refractivity contribution is -0.117. The molecule has 0 saturated heterocycles.